The molecule has 0 atom stereocenters. The van der Waals surface area contributed by atoms with E-state index in [1.54, 1.807) is 19.1 Å². The fourth-order valence-electron chi connectivity index (χ4n) is 4.04. The number of esters is 2. The van der Waals surface area contributed by atoms with Crippen molar-refractivity contribution in [2.24, 2.45) is 12.5 Å². The topological polar surface area (TPSA) is 98.4 Å². The van der Waals surface area contributed by atoms with Gasteiger partial charge in [0.1, 0.15) is 11.1 Å². The van der Waals surface area contributed by atoms with Crippen molar-refractivity contribution >= 4 is 56.3 Å². The number of ketones is 1. The zero-order valence-corrected chi connectivity index (χ0v) is 21.6. The second kappa shape index (κ2) is 9.74. The highest BCUT2D eigenvalue weighted by Gasteiger charge is 2.33. The number of hydrogen-bond acceptors (Lipinski definition) is 7. The van der Waals surface area contributed by atoms with Crippen LogP contribution in [0.2, 0.25) is 0 Å². The molecule has 0 saturated heterocycles. The van der Waals surface area contributed by atoms with Crippen LogP contribution < -0.4 is 4.74 Å². The van der Waals surface area contributed by atoms with Gasteiger partial charge in [-0.25, -0.2) is 4.79 Å². The molecule has 0 unspecified atom stereocenters. The predicted octanol–water partition coefficient (Wildman–Crippen LogP) is 5.34. The summed E-state index contributed by atoms with van der Waals surface area (Å²) in [6.45, 7) is 7.31. The highest BCUT2D eigenvalue weighted by molar-refractivity contribution is 9.10. The standard InChI is InChI=1S/C24H25BrN2O5S/c1-6-31-23(30)15-7-16-19(8-18(15)25)27(5)22(21(16)32-13(2)28)33-12-14-9-24(3,4)10-20(29)17(14)11-26/h7-8H,6,9-10,12H2,1-5H3. The maximum Gasteiger partial charge on any atom is 0.339 e. The van der Waals surface area contributed by atoms with Crippen LogP contribution in [0.4, 0.5) is 0 Å². The molecule has 2 aromatic rings. The largest absolute Gasteiger partial charge is 0.462 e. The Morgan fingerprint density at radius 3 is 2.61 bits per heavy atom. The van der Waals surface area contributed by atoms with Crippen LogP contribution in [0.5, 0.6) is 5.75 Å². The maximum absolute atomic E-state index is 12.5. The number of nitriles is 1. The Labute approximate surface area is 205 Å². The molecule has 1 aromatic carbocycles. The Morgan fingerprint density at radius 1 is 1.30 bits per heavy atom. The van der Waals surface area contributed by atoms with Crippen LogP contribution in [-0.4, -0.2) is 34.6 Å². The van der Waals surface area contributed by atoms with Gasteiger partial charge in [-0.15, -0.1) is 0 Å². The van der Waals surface area contributed by atoms with E-state index in [1.807, 2.05) is 25.5 Å². The van der Waals surface area contributed by atoms with Crippen molar-refractivity contribution < 1.29 is 23.9 Å². The number of carbonyl (C=O) groups is 3. The van der Waals surface area contributed by atoms with Crippen LogP contribution in [0, 0.1) is 16.7 Å². The van der Waals surface area contributed by atoms with E-state index < -0.39 is 11.9 Å². The average Bonchev–Trinajstić information content (AvgIpc) is 2.95. The van der Waals surface area contributed by atoms with Gasteiger partial charge in [-0.3, -0.25) is 9.59 Å². The second-order valence-electron chi connectivity index (χ2n) is 8.68. The first-order valence-corrected chi connectivity index (χ1v) is 12.2. The third-order valence-corrected chi connectivity index (χ3v) is 7.27. The Morgan fingerprint density at radius 2 is 2.00 bits per heavy atom. The highest BCUT2D eigenvalue weighted by atomic mass is 79.9. The van der Waals surface area contributed by atoms with Crippen LogP contribution in [0.1, 0.15) is 50.9 Å². The van der Waals surface area contributed by atoms with Gasteiger partial charge in [-0.05, 0) is 52.4 Å². The molecule has 1 heterocycles. The smallest absolute Gasteiger partial charge is 0.339 e. The molecule has 174 valence electrons. The van der Waals surface area contributed by atoms with Crippen LogP contribution in [0.3, 0.4) is 0 Å². The van der Waals surface area contributed by atoms with Crippen LogP contribution in [-0.2, 0) is 21.4 Å². The van der Waals surface area contributed by atoms with Crippen LogP contribution in [0.15, 0.2) is 32.8 Å². The lowest BCUT2D eigenvalue weighted by molar-refractivity contribution is -0.132. The fraction of sp³-hybridized carbons (Fsp3) is 0.417. The zero-order chi connectivity index (χ0) is 24.5. The first kappa shape index (κ1) is 25.1. The van der Waals surface area contributed by atoms with Crippen LogP contribution >= 0.6 is 27.7 Å². The summed E-state index contributed by atoms with van der Waals surface area (Å²) < 4.78 is 13.2. The molecule has 0 aliphatic heterocycles. The summed E-state index contributed by atoms with van der Waals surface area (Å²) in [6.07, 6.45) is 0.988. The van der Waals surface area contributed by atoms with Gasteiger partial charge in [0.05, 0.1) is 23.3 Å². The number of Topliss-reactive ketones (excluding diaryl/α,β-unsaturated/α-hetero) is 1. The van der Waals surface area contributed by atoms with E-state index in [9.17, 15) is 19.6 Å². The minimum atomic E-state index is -0.490. The number of fused-ring (bicyclic) bond motifs is 1. The number of aryl methyl sites for hydroxylation is 1. The Bertz CT molecular complexity index is 1240. The Hall–Kier alpha value is -2.57. The summed E-state index contributed by atoms with van der Waals surface area (Å²) >= 11 is 4.83. The van der Waals surface area contributed by atoms with Crippen LogP contribution in [0.25, 0.3) is 10.9 Å². The fourth-order valence-corrected chi connectivity index (χ4v) is 5.66. The third-order valence-electron chi connectivity index (χ3n) is 5.39. The molecule has 0 spiro atoms. The third kappa shape index (κ3) is 5.17. The minimum Gasteiger partial charge on any atom is -0.462 e. The van der Waals surface area contributed by atoms with Crippen molar-refractivity contribution in [2.45, 2.75) is 45.6 Å². The number of carbonyl (C=O) groups excluding carboxylic acids is 3. The molecule has 1 aliphatic carbocycles. The summed E-state index contributed by atoms with van der Waals surface area (Å²) in [6, 6.07) is 5.50. The number of allylic oxidation sites excluding steroid dienone is 1. The van der Waals surface area contributed by atoms with Crippen molar-refractivity contribution in [3.8, 4) is 11.8 Å². The first-order chi connectivity index (χ1) is 15.5. The Balaban J connectivity index is 2.09. The molecule has 0 amide bonds. The van der Waals surface area contributed by atoms with E-state index in [0.29, 0.717) is 44.8 Å². The average molecular weight is 533 g/mol. The molecule has 1 aromatic heterocycles. The van der Waals surface area contributed by atoms with Gasteiger partial charge in [0.25, 0.3) is 0 Å². The molecule has 0 saturated carbocycles. The molecular formula is C24H25BrN2O5S. The number of hydrogen-bond donors (Lipinski definition) is 0. The quantitative estimate of drug-likeness (QED) is 0.365. The van der Waals surface area contributed by atoms with Gasteiger partial charge >= 0.3 is 11.9 Å². The van der Waals surface area contributed by atoms with E-state index >= 15 is 0 Å². The molecule has 0 radical (unpaired) electrons. The van der Waals surface area contributed by atoms with E-state index in [2.05, 4.69) is 22.0 Å². The summed E-state index contributed by atoms with van der Waals surface area (Å²) in [5.41, 5.74) is 1.88. The van der Waals surface area contributed by atoms with Gasteiger partial charge in [0.2, 0.25) is 0 Å². The first-order valence-electron chi connectivity index (χ1n) is 10.4. The van der Waals surface area contributed by atoms with E-state index in [-0.39, 0.29) is 23.4 Å². The van der Waals surface area contributed by atoms with E-state index in [0.717, 1.165) is 11.1 Å². The van der Waals surface area contributed by atoms with E-state index in [1.165, 1.54) is 18.7 Å². The second-order valence-corrected chi connectivity index (χ2v) is 10.5. The number of ether oxygens (including phenoxy) is 2. The predicted molar refractivity (Wildman–Crippen MR) is 129 cm³/mol. The molecule has 0 fully saturated rings. The monoisotopic (exact) mass is 532 g/mol. The van der Waals surface area contributed by atoms with Gasteiger partial charge in [-0.1, -0.05) is 25.6 Å². The summed E-state index contributed by atoms with van der Waals surface area (Å²) in [5, 5.41) is 10.8. The van der Waals surface area contributed by atoms with Crippen molar-refractivity contribution in [3.05, 3.63) is 33.3 Å². The van der Waals surface area contributed by atoms with Crippen molar-refractivity contribution in [1.82, 2.24) is 4.57 Å². The van der Waals surface area contributed by atoms with Gasteiger partial charge in [0, 0.05) is 36.0 Å². The summed E-state index contributed by atoms with van der Waals surface area (Å²) in [5.74, 6) is -0.364. The zero-order valence-electron chi connectivity index (χ0n) is 19.2. The van der Waals surface area contributed by atoms with Crippen molar-refractivity contribution in [1.29, 1.82) is 5.26 Å². The lowest BCUT2D eigenvalue weighted by Gasteiger charge is -2.30. The van der Waals surface area contributed by atoms with Crippen molar-refractivity contribution in [3.63, 3.8) is 0 Å². The number of benzene rings is 1. The molecule has 0 N–H and O–H groups in total. The van der Waals surface area contributed by atoms with E-state index in [4.69, 9.17) is 9.47 Å². The highest BCUT2D eigenvalue weighted by Crippen LogP contribution is 2.44. The molecule has 33 heavy (non-hydrogen) atoms. The van der Waals surface area contributed by atoms with Gasteiger partial charge in [0.15, 0.2) is 11.5 Å². The number of aromatic nitrogens is 1. The van der Waals surface area contributed by atoms with Crippen molar-refractivity contribution in [2.75, 3.05) is 12.4 Å². The molecular weight excluding hydrogens is 508 g/mol. The molecule has 1 aliphatic rings. The summed E-state index contributed by atoms with van der Waals surface area (Å²) in [7, 11) is 1.84. The SMILES string of the molecule is CCOC(=O)c1cc2c(OC(C)=O)c(SCC3=C(C#N)C(=O)CC(C)(C)C3)n(C)c2cc1Br. The summed E-state index contributed by atoms with van der Waals surface area (Å²) in [4.78, 5) is 36.7. The molecule has 7 nitrogen and oxygen atoms in total. The lowest BCUT2D eigenvalue weighted by atomic mass is 9.74. The number of halogens is 1. The Kier molecular flexibility index (Phi) is 7.39. The normalized spacial score (nSPS) is 15.5. The maximum atomic E-state index is 12.5. The van der Waals surface area contributed by atoms with Gasteiger partial charge < -0.3 is 14.0 Å². The lowest BCUT2D eigenvalue weighted by Crippen LogP contribution is -2.26. The molecule has 3 rings (SSSR count). The number of rotatable bonds is 6. The number of nitrogens with zero attached hydrogens (tertiary/aromatic N) is 2. The van der Waals surface area contributed by atoms with Gasteiger partial charge in [-0.2, -0.15) is 5.26 Å². The molecule has 0 bridgehead atoms. The molecule has 9 heteroatoms. The number of thioether (sulfide) groups is 1. The minimum absolute atomic E-state index is 0.135.